The molecule has 6 nitrogen and oxygen atoms in total. The summed E-state index contributed by atoms with van der Waals surface area (Å²) in [5, 5.41) is 0. The molecule has 0 spiro atoms. The van der Waals surface area contributed by atoms with E-state index in [2.05, 4.69) is 0 Å². The number of amides is 1. The van der Waals surface area contributed by atoms with Crippen LogP contribution >= 0.6 is 0 Å². The summed E-state index contributed by atoms with van der Waals surface area (Å²) >= 11 is 0. The quantitative estimate of drug-likeness (QED) is 0.554. The minimum absolute atomic E-state index is 0.0514. The highest BCUT2D eigenvalue weighted by molar-refractivity contribution is 7.90. The van der Waals surface area contributed by atoms with Crippen LogP contribution in [0.25, 0.3) is 0 Å². The van der Waals surface area contributed by atoms with Crippen molar-refractivity contribution in [2.24, 2.45) is 0 Å². The van der Waals surface area contributed by atoms with Gasteiger partial charge in [-0.2, -0.15) is 0 Å². The summed E-state index contributed by atoms with van der Waals surface area (Å²) in [5.74, 6) is 0.581. The Bertz CT molecular complexity index is 898. The van der Waals surface area contributed by atoms with E-state index in [-0.39, 0.29) is 16.8 Å². The van der Waals surface area contributed by atoms with Gasteiger partial charge < -0.3 is 9.64 Å². The average Bonchev–Trinajstić information content (AvgIpc) is 2.65. The minimum atomic E-state index is -3.25. The molecule has 2 aromatic rings. The highest BCUT2D eigenvalue weighted by atomic mass is 32.2. The summed E-state index contributed by atoms with van der Waals surface area (Å²) in [7, 11) is -1.34. The highest BCUT2D eigenvalue weighted by Gasteiger charge is 2.20. The molecule has 1 amide bonds. The maximum absolute atomic E-state index is 12.8. The van der Waals surface area contributed by atoms with Crippen molar-refractivity contribution in [3.63, 3.8) is 0 Å². The van der Waals surface area contributed by atoms with Gasteiger partial charge in [0.25, 0.3) is 0 Å². The monoisotopic (exact) mass is 418 g/mol. The maximum Gasteiger partial charge on any atom is 0.241 e. The van der Waals surface area contributed by atoms with Crippen LogP contribution in [0.2, 0.25) is 0 Å². The van der Waals surface area contributed by atoms with E-state index in [0.29, 0.717) is 25.4 Å². The van der Waals surface area contributed by atoms with Crippen LogP contribution in [-0.2, 0) is 14.6 Å². The Kier molecular flexibility index (Phi) is 8.22. The van der Waals surface area contributed by atoms with E-state index in [1.54, 1.807) is 18.2 Å². The second kappa shape index (κ2) is 10.4. The molecule has 0 bridgehead atoms. The van der Waals surface area contributed by atoms with Gasteiger partial charge in [0.15, 0.2) is 9.84 Å². The normalized spacial score (nSPS) is 11.7. The van der Waals surface area contributed by atoms with E-state index in [1.807, 2.05) is 61.0 Å². The van der Waals surface area contributed by atoms with Crippen molar-refractivity contribution >= 4 is 21.4 Å². The van der Waals surface area contributed by atoms with Gasteiger partial charge in [-0.15, -0.1) is 0 Å². The number of hydrogen-bond acceptors (Lipinski definition) is 5. The second-order valence-electron chi connectivity index (χ2n) is 7.38. The summed E-state index contributed by atoms with van der Waals surface area (Å²) in [4.78, 5) is 16.8. The number of carbonyl (C=O) groups is 1. The molecule has 0 aromatic heterocycles. The number of ether oxygens (including phenoxy) is 1. The van der Waals surface area contributed by atoms with Gasteiger partial charge in [0.2, 0.25) is 5.91 Å². The third kappa shape index (κ3) is 7.18. The smallest absolute Gasteiger partial charge is 0.241 e. The molecule has 0 radical (unpaired) electrons. The van der Waals surface area contributed by atoms with Crippen LogP contribution in [0.1, 0.15) is 20.3 Å². The van der Waals surface area contributed by atoms with Gasteiger partial charge >= 0.3 is 0 Å². The first-order chi connectivity index (χ1) is 13.7. The molecule has 0 unspecified atom stereocenters. The SMILES string of the molecule is CC(C)N(C(=O)CN(C)CCCOc1cccc(S(C)(=O)=O)c1)c1ccccc1. The molecule has 0 N–H and O–H groups in total. The van der Waals surface area contributed by atoms with Gasteiger partial charge in [0.05, 0.1) is 18.0 Å². The third-order valence-corrected chi connectivity index (χ3v) is 5.52. The molecule has 0 aliphatic heterocycles. The zero-order valence-corrected chi connectivity index (χ0v) is 18.4. The summed E-state index contributed by atoms with van der Waals surface area (Å²) in [6.07, 6.45) is 1.90. The van der Waals surface area contributed by atoms with E-state index < -0.39 is 9.84 Å². The van der Waals surface area contributed by atoms with Crippen molar-refractivity contribution in [3.05, 3.63) is 54.6 Å². The van der Waals surface area contributed by atoms with Crippen LogP contribution in [-0.4, -0.2) is 58.3 Å². The van der Waals surface area contributed by atoms with Gasteiger partial charge in [-0.25, -0.2) is 8.42 Å². The molecule has 0 saturated carbocycles. The summed E-state index contributed by atoms with van der Waals surface area (Å²) in [5.41, 5.74) is 0.898. The molecule has 2 rings (SSSR count). The number of likely N-dealkylation sites (N-methyl/N-ethyl adjacent to an activating group) is 1. The van der Waals surface area contributed by atoms with Crippen LogP contribution in [0.15, 0.2) is 59.5 Å². The van der Waals surface area contributed by atoms with Gasteiger partial charge in [-0.3, -0.25) is 9.69 Å². The molecular formula is C22H30N2O4S. The minimum Gasteiger partial charge on any atom is -0.494 e. The third-order valence-electron chi connectivity index (χ3n) is 4.41. The topological polar surface area (TPSA) is 66.9 Å². The molecule has 0 aliphatic rings. The van der Waals surface area contributed by atoms with E-state index in [9.17, 15) is 13.2 Å². The predicted octanol–water partition coefficient (Wildman–Crippen LogP) is 3.23. The van der Waals surface area contributed by atoms with E-state index in [4.69, 9.17) is 4.74 Å². The maximum atomic E-state index is 12.8. The number of nitrogens with zero attached hydrogens (tertiary/aromatic N) is 2. The number of para-hydroxylation sites is 1. The zero-order valence-electron chi connectivity index (χ0n) is 17.5. The lowest BCUT2D eigenvalue weighted by Crippen LogP contribution is -2.43. The largest absolute Gasteiger partial charge is 0.494 e. The average molecular weight is 419 g/mol. The van der Waals surface area contributed by atoms with Crippen LogP contribution in [0.5, 0.6) is 5.75 Å². The number of hydrogen-bond donors (Lipinski definition) is 0. The van der Waals surface area contributed by atoms with E-state index >= 15 is 0 Å². The summed E-state index contributed by atoms with van der Waals surface area (Å²) in [6, 6.07) is 16.2. The Hall–Kier alpha value is -2.38. The first kappa shape index (κ1) is 22.9. The molecule has 0 saturated heterocycles. The zero-order chi connectivity index (χ0) is 21.4. The van der Waals surface area contributed by atoms with Crippen LogP contribution < -0.4 is 9.64 Å². The summed E-state index contributed by atoms with van der Waals surface area (Å²) < 4.78 is 28.9. The second-order valence-corrected chi connectivity index (χ2v) is 9.40. The number of rotatable bonds is 10. The molecule has 7 heteroatoms. The fourth-order valence-corrected chi connectivity index (χ4v) is 3.68. The lowest BCUT2D eigenvalue weighted by Gasteiger charge is -2.29. The molecular weight excluding hydrogens is 388 g/mol. The molecule has 158 valence electrons. The van der Waals surface area contributed by atoms with Crippen molar-refractivity contribution in [2.75, 3.05) is 37.9 Å². The predicted molar refractivity (Wildman–Crippen MR) is 116 cm³/mol. The Labute approximate surface area is 174 Å². The molecule has 0 fully saturated rings. The first-order valence-corrected chi connectivity index (χ1v) is 11.6. The van der Waals surface area contributed by atoms with Crippen molar-refractivity contribution in [3.8, 4) is 5.75 Å². The Balaban J connectivity index is 1.82. The van der Waals surface area contributed by atoms with Crippen molar-refractivity contribution in [1.29, 1.82) is 0 Å². The van der Waals surface area contributed by atoms with Gasteiger partial charge in [0, 0.05) is 24.5 Å². The van der Waals surface area contributed by atoms with Gasteiger partial charge in [-0.05, 0) is 57.6 Å². The fraction of sp³-hybridized carbons (Fsp3) is 0.409. The highest BCUT2D eigenvalue weighted by Crippen LogP contribution is 2.18. The van der Waals surface area contributed by atoms with Crippen LogP contribution in [0.4, 0.5) is 5.69 Å². The summed E-state index contributed by atoms with van der Waals surface area (Å²) in [6.45, 7) is 5.46. The number of anilines is 1. The van der Waals surface area contributed by atoms with E-state index in [1.165, 1.54) is 12.3 Å². The number of carbonyl (C=O) groups excluding carboxylic acids is 1. The van der Waals surface area contributed by atoms with E-state index in [0.717, 1.165) is 12.1 Å². The standard InChI is InChI=1S/C22H30N2O4S/c1-18(2)24(19-10-6-5-7-11-19)22(25)17-23(3)14-9-15-28-20-12-8-13-21(16-20)29(4,26)27/h5-8,10-13,16,18H,9,14-15,17H2,1-4H3. The van der Waals surface area contributed by atoms with Crippen molar-refractivity contribution in [2.45, 2.75) is 31.2 Å². The van der Waals surface area contributed by atoms with Crippen LogP contribution in [0, 0.1) is 0 Å². The molecule has 2 aromatic carbocycles. The van der Waals surface area contributed by atoms with Crippen molar-refractivity contribution < 1.29 is 17.9 Å². The molecule has 29 heavy (non-hydrogen) atoms. The number of benzene rings is 2. The van der Waals surface area contributed by atoms with Crippen LogP contribution in [0.3, 0.4) is 0 Å². The Morgan fingerprint density at radius 3 is 2.38 bits per heavy atom. The molecule has 0 atom stereocenters. The lowest BCUT2D eigenvalue weighted by molar-refractivity contribution is -0.119. The number of sulfone groups is 1. The molecule has 0 heterocycles. The van der Waals surface area contributed by atoms with Gasteiger partial charge in [0.1, 0.15) is 5.75 Å². The fourth-order valence-electron chi connectivity index (χ4n) is 3.02. The Morgan fingerprint density at radius 1 is 1.07 bits per heavy atom. The Morgan fingerprint density at radius 2 is 1.76 bits per heavy atom. The first-order valence-electron chi connectivity index (χ1n) is 9.67. The molecule has 0 aliphatic carbocycles. The van der Waals surface area contributed by atoms with Crippen molar-refractivity contribution in [1.82, 2.24) is 4.90 Å². The van der Waals surface area contributed by atoms with Gasteiger partial charge in [-0.1, -0.05) is 24.3 Å². The lowest BCUT2D eigenvalue weighted by atomic mass is 10.2.